The minimum atomic E-state index is 0.156. The van der Waals surface area contributed by atoms with Crippen LogP contribution in [0.5, 0.6) is 0 Å². The van der Waals surface area contributed by atoms with Crippen LogP contribution in [0.15, 0.2) is 5.38 Å². The van der Waals surface area contributed by atoms with Gasteiger partial charge in [-0.05, 0) is 13.8 Å². The Kier molecular flexibility index (Phi) is 5.56. The summed E-state index contributed by atoms with van der Waals surface area (Å²) in [5.74, 6) is 0. The molecular formula is C13H24N2OS. The molecule has 0 aromatic carbocycles. The highest BCUT2D eigenvalue weighted by Crippen LogP contribution is 2.25. The largest absolute Gasteiger partial charge is 0.377 e. The van der Waals surface area contributed by atoms with E-state index in [2.05, 4.69) is 50.3 Å². The molecule has 1 heterocycles. The smallest absolute Gasteiger partial charge is 0.0982 e. The number of nitrogens with zero attached hydrogens (tertiary/aromatic N) is 1. The fourth-order valence-electron chi connectivity index (χ4n) is 1.32. The first kappa shape index (κ1) is 14.6. The lowest BCUT2D eigenvalue weighted by atomic mass is 9.98. The van der Waals surface area contributed by atoms with Crippen molar-refractivity contribution in [3.63, 3.8) is 0 Å². The minimum absolute atomic E-state index is 0.156. The van der Waals surface area contributed by atoms with Crippen LogP contribution in [0.2, 0.25) is 0 Å². The van der Waals surface area contributed by atoms with Gasteiger partial charge in [-0.3, -0.25) is 0 Å². The molecule has 17 heavy (non-hydrogen) atoms. The Labute approximate surface area is 109 Å². The van der Waals surface area contributed by atoms with Crippen molar-refractivity contribution in [2.45, 2.75) is 52.7 Å². The molecule has 0 saturated carbocycles. The summed E-state index contributed by atoms with van der Waals surface area (Å²) >= 11 is 1.74. The topological polar surface area (TPSA) is 34.1 Å². The highest BCUT2D eigenvalue weighted by Gasteiger charge is 2.17. The normalized spacial score (nSPS) is 12.4. The Morgan fingerprint density at radius 3 is 2.65 bits per heavy atom. The first-order valence-electron chi connectivity index (χ1n) is 6.17. The Bertz CT molecular complexity index is 328. The van der Waals surface area contributed by atoms with E-state index in [0.29, 0.717) is 6.10 Å². The third-order valence-corrected chi connectivity index (χ3v) is 3.55. The lowest BCUT2D eigenvalue weighted by Gasteiger charge is -2.13. The molecule has 1 N–H and O–H groups in total. The summed E-state index contributed by atoms with van der Waals surface area (Å²) < 4.78 is 5.46. The molecule has 0 spiro atoms. The van der Waals surface area contributed by atoms with Crippen LogP contribution in [0.4, 0.5) is 0 Å². The second-order valence-electron chi connectivity index (χ2n) is 5.49. The summed E-state index contributed by atoms with van der Waals surface area (Å²) in [4.78, 5) is 4.63. The van der Waals surface area contributed by atoms with E-state index in [1.165, 1.54) is 5.01 Å². The van der Waals surface area contributed by atoms with Crippen molar-refractivity contribution in [3.8, 4) is 0 Å². The maximum atomic E-state index is 5.46. The molecule has 0 atom stereocenters. The second kappa shape index (κ2) is 6.47. The molecular weight excluding hydrogens is 232 g/mol. The Morgan fingerprint density at radius 2 is 2.12 bits per heavy atom. The van der Waals surface area contributed by atoms with Crippen molar-refractivity contribution in [1.82, 2.24) is 10.3 Å². The molecule has 0 radical (unpaired) electrons. The van der Waals surface area contributed by atoms with Crippen molar-refractivity contribution in [1.29, 1.82) is 0 Å². The van der Waals surface area contributed by atoms with Gasteiger partial charge < -0.3 is 10.1 Å². The predicted molar refractivity (Wildman–Crippen MR) is 73.6 cm³/mol. The van der Waals surface area contributed by atoms with Gasteiger partial charge in [-0.25, -0.2) is 4.98 Å². The van der Waals surface area contributed by atoms with Gasteiger partial charge in [0.1, 0.15) is 0 Å². The van der Waals surface area contributed by atoms with Crippen LogP contribution in [0.1, 0.15) is 45.3 Å². The van der Waals surface area contributed by atoms with Crippen LogP contribution in [0.3, 0.4) is 0 Å². The van der Waals surface area contributed by atoms with Crippen LogP contribution < -0.4 is 5.32 Å². The van der Waals surface area contributed by atoms with Gasteiger partial charge in [0.2, 0.25) is 0 Å². The third-order valence-electron chi connectivity index (χ3n) is 2.23. The lowest BCUT2D eigenvalue weighted by Crippen LogP contribution is -2.21. The van der Waals surface area contributed by atoms with E-state index in [-0.39, 0.29) is 5.41 Å². The lowest BCUT2D eigenvalue weighted by molar-refractivity contribution is 0.0807. The van der Waals surface area contributed by atoms with Gasteiger partial charge >= 0.3 is 0 Å². The van der Waals surface area contributed by atoms with Crippen LogP contribution >= 0.6 is 11.3 Å². The number of hydrogen-bond donors (Lipinski definition) is 1. The van der Waals surface area contributed by atoms with E-state index in [4.69, 9.17) is 4.74 Å². The first-order chi connectivity index (χ1) is 7.89. The molecule has 0 unspecified atom stereocenters. The summed E-state index contributed by atoms with van der Waals surface area (Å²) in [6, 6.07) is 0. The van der Waals surface area contributed by atoms with E-state index < -0.39 is 0 Å². The molecule has 1 aromatic rings. The number of thiazole rings is 1. The molecule has 0 fully saturated rings. The van der Waals surface area contributed by atoms with Crippen LogP contribution in [-0.2, 0) is 16.7 Å². The summed E-state index contributed by atoms with van der Waals surface area (Å²) in [6.07, 6.45) is 0.309. The van der Waals surface area contributed by atoms with Crippen molar-refractivity contribution in [2.24, 2.45) is 0 Å². The van der Waals surface area contributed by atoms with Crippen molar-refractivity contribution in [2.75, 3.05) is 13.2 Å². The van der Waals surface area contributed by atoms with Gasteiger partial charge in [-0.1, -0.05) is 20.8 Å². The molecule has 98 valence electrons. The van der Waals surface area contributed by atoms with Gasteiger partial charge in [-0.2, -0.15) is 0 Å². The molecule has 3 nitrogen and oxygen atoms in total. The van der Waals surface area contributed by atoms with Crippen molar-refractivity contribution >= 4 is 11.3 Å². The van der Waals surface area contributed by atoms with Gasteiger partial charge in [-0.15, -0.1) is 11.3 Å². The zero-order chi connectivity index (χ0) is 12.9. The number of nitrogens with one attached hydrogen (secondary N) is 1. The molecule has 0 aliphatic heterocycles. The molecule has 0 aliphatic rings. The van der Waals surface area contributed by atoms with E-state index >= 15 is 0 Å². The molecule has 0 saturated heterocycles. The molecule has 0 aliphatic carbocycles. The SMILES string of the molecule is CC(C)OCCNCc1csc(C(C)(C)C)n1. The molecule has 1 rings (SSSR count). The first-order valence-corrected chi connectivity index (χ1v) is 7.05. The predicted octanol–water partition coefficient (Wildman–Crippen LogP) is 2.96. The second-order valence-corrected chi connectivity index (χ2v) is 6.35. The fraction of sp³-hybridized carbons (Fsp3) is 0.769. The summed E-state index contributed by atoms with van der Waals surface area (Å²) in [7, 11) is 0. The Morgan fingerprint density at radius 1 is 1.41 bits per heavy atom. The van der Waals surface area contributed by atoms with Crippen molar-refractivity contribution in [3.05, 3.63) is 16.1 Å². The summed E-state index contributed by atoms with van der Waals surface area (Å²) in [5, 5.41) is 6.68. The molecule has 0 bridgehead atoms. The van der Waals surface area contributed by atoms with E-state index in [9.17, 15) is 0 Å². The van der Waals surface area contributed by atoms with Crippen LogP contribution in [0.25, 0.3) is 0 Å². The van der Waals surface area contributed by atoms with Gasteiger partial charge in [0.05, 0.1) is 23.4 Å². The van der Waals surface area contributed by atoms with Crippen LogP contribution in [0, 0.1) is 0 Å². The average Bonchev–Trinajstić information content (AvgIpc) is 2.64. The maximum Gasteiger partial charge on any atom is 0.0982 e. The van der Waals surface area contributed by atoms with Gasteiger partial charge in [0.25, 0.3) is 0 Å². The van der Waals surface area contributed by atoms with Gasteiger partial charge in [0, 0.05) is 23.9 Å². The number of aromatic nitrogens is 1. The molecule has 4 heteroatoms. The number of hydrogen-bond acceptors (Lipinski definition) is 4. The standard InChI is InChI=1S/C13H24N2OS/c1-10(2)16-7-6-14-8-11-9-17-12(15-11)13(3,4)5/h9-10,14H,6-8H2,1-5H3. The van der Waals surface area contributed by atoms with Crippen molar-refractivity contribution < 1.29 is 4.74 Å². The Balaban J connectivity index is 2.26. The monoisotopic (exact) mass is 256 g/mol. The number of rotatable bonds is 6. The quantitative estimate of drug-likeness (QED) is 0.795. The van der Waals surface area contributed by atoms with Gasteiger partial charge in [0.15, 0.2) is 0 Å². The zero-order valence-electron chi connectivity index (χ0n) is 11.5. The van der Waals surface area contributed by atoms with Crippen LogP contribution in [-0.4, -0.2) is 24.2 Å². The third kappa shape index (κ3) is 5.61. The van der Waals surface area contributed by atoms with E-state index in [1.54, 1.807) is 11.3 Å². The highest BCUT2D eigenvalue weighted by molar-refractivity contribution is 7.09. The Hall–Kier alpha value is -0.450. The molecule has 1 aromatic heterocycles. The summed E-state index contributed by atoms with van der Waals surface area (Å²) in [6.45, 7) is 13.1. The summed E-state index contributed by atoms with van der Waals surface area (Å²) in [5.41, 5.74) is 1.29. The minimum Gasteiger partial charge on any atom is -0.377 e. The van der Waals surface area contributed by atoms with E-state index in [0.717, 1.165) is 25.4 Å². The fourth-order valence-corrected chi connectivity index (χ4v) is 2.22. The highest BCUT2D eigenvalue weighted by atomic mass is 32.1. The zero-order valence-corrected chi connectivity index (χ0v) is 12.4. The average molecular weight is 256 g/mol. The molecule has 0 amide bonds. The maximum absolute atomic E-state index is 5.46. The van der Waals surface area contributed by atoms with E-state index in [1.807, 2.05) is 0 Å². The number of ether oxygens (including phenoxy) is 1.